The lowest BCUT2D eigenvalue weighted by Gasteiger charge is -2.35. The van der Waals surface area contributed by atoms with Gasteiger partial charge in [-0.25, -0.2) is 9.97 Å². The number of hydrogen-bond acceptors (Lipinski definition) is 8. The first kappa shape index (κ1) is 20.9. The van der Waals surface area contributed by atoms with Gasteiger partial charge in [-0.2, -0.15) is 13.2 Å². The summed E-state index contributed by atoms with van der Waals surface area (Å²) in [6.07, 6.45) is -3.16. The lowest BCUT2D eigenvalue weighted by molar-refractivity contribution is -0.268. The van der Waals surface area contributed by atoms with E-state index >= 15 is 0 Å². The number of carbonyl (C=O) groups is 2. The van der Waals surface area contributed by atoms with Crippen LogP contribution in [0.15, 0.2) is 22.9 Å². The van der Waals surface area contributed by atoms with Crippen molar-refractivity contribution in [2.75, 3.05) is 18.0 Å². The molecule has 1 saturated heterocycles. The second-order valence-electron chi connectivity index (χ2n) is 7.75. The maximum Gasteiger partial charge on any atom is 0.433 e. The van der Waals surface area contributed by atoms with Gasteiger partial charge in [-0.15, -0.1) is 0 Å². The summed E-state index contributed by atoms with van der Waals surface area (Å²) in [6, 6.07) is 1.77. The van der Waals surface area contributed by atoms with Gasteiger partial charge in [-0.1, -0.05) is 5.16 Å². The molecule has 31 heavy (non-hydrogen) atoms. The van der Waals surface area contributed by atoms with E-state index in [1.807, 2.05) is 0 Å². The molecule has 166 valence electrons. The zero-order valence-corrected chi connectivity index (χ0v) is 16.1. The molecule has 2 aliphatic rings. The highest BCUT2D eigenvalue weighted by molar-refractivity contribution is 5.90. The number of primary amides is 1. The maximum atomic E-state index is 12.9. The highest BCUT2D eigenvalue weighted by atomic mass is 19.4. The summed E-state index contributed by atoms with van der Waals surface area (Å²) in [5, 5.41) is 15.2. The van der Waals surface area contributed by atoms with Crippen LogP contribution in [-0.2, 0) is 12.7 Å². The standard InChI is InChI=1S/C18H19F3N6O4/c19-18(20,21)12-1-4-23-15(24-12)26-5-2-17(3-6-26)8-13(17)27(16(29)30)9-10-7-11(14(22)28)25-31-10/h1,4,7,13H,2-3,5-6,8-9H2,(H2,22,28)(H,29,30)/p-1. The maximum absolute atomic E-state index is 12.9. The normalized spacial score (nSPS) is 20.0. The first-order valence-corrected chi connectivity index (χ1v) is 9.47. The molecule has 2 N–H and O–H groups in total. The van der Waals surface area contributed by atoms with Gasteiger partial charge < -0.3 is 30.0 Å². The van der Waals surface area contributed by atoms with E-state index in [0.29, 0.717) is 32.4 Å². The number of nitrogens with two attached hydrogens (primary N) is 1. The molecule has 1 atom stereocenters. The molecular formula is C18H18F3N6O4-. The van der Waals surface area contributed by atoms with Crippen LogP contribution in [-0.4, -0.2) is 51.2 Å². The first-order chi connectivity index (χ1) is 14.6. The predicted octanol–water partition coefficient (Wildman–Crippen LogP) is 0.787. The fraction of sp³-hybridized carbons (Fsp3) is 0.500. The van der Waals surface area contributed by atoms with Gasteiger partial charge in [0.05, 0.1) is 6.54 Å². The third kappa shape index (κ3) is 4.11. The number of alkyl halides is 3. The Morgan fingerprint density at radius 1 is 1.35 bits per heavy atom. The molecule has 1 spiro atoms. The number of rotatable bonds is 5. The summed E-state index contributed by atoms with van der Waals surface area (Å²) in [4.78, 5) is 33.2. The minimum Gasteiger partial charge on any atom is -0.530 e. The Morgan fingerprint density at radius 3 is 2.65 bits per heavy atom. The van der Waals surface area contributed by atoms with Crippen LogP contribution >= 0.6 is 0 Å². The molecule has 0 radical (unpaired) electrons. The average molecular weight is 439 g/mol. The molecule has 0 aromatic carbocycles. The zero-order valence-electron chi connectivity index (χ0n) is 16.1. The van der Waals surface area contributed by atoms with E-state index in [1.54, 1.807) is 4.90 Å². The summed E-state index contributed by atoms with van der Waals surface area (Å²) in [7, 11) is 0. The summed E-state index contributed by atoms with van der Waals surface area (Å²) >= 11 is 0. The molecule has 10 nitrogen and oxygen atoms in total. The number of anilines is 1. The average Bonchev–Trinajstić information content (AvgIpc) is 3.18. The molecule has 2 aromatic heterocycles. The van der Waals surface area contributed by atoms with Gasteiger partial charge in [0.25, 0.3) is 5.91 Å². The van der Waals surface area contributed by atoms with Gasteiger partial charge in [0.2, 0.25) is 5.95 Å². The number of hydrogen-bond donors (Lipinski definition) is 1. The zero-order chi connectivity index (χ0) is 22.4. The third-order valence-electron chi connectivity index (χ3n) is 5.87. The van der Waals surface area contributed by atoms with Crippen molar-refractivity contribution < 1.29 is 32.4 Å². The molecule has 1 saturated carbocycles. The van der Waals surface area contributed by atoms with Crippen molar-refractivity contribution in [1.82, 2.24) is 20.0 Å². The molecule has 13 heteroatoms. The Balaban J connectivity index is 1.41. The SMILES string of the molecule is NC(=O)c1cc(CN(C(=O)[O-])C2CC23CCN(c2nccc(C(F)(F)F)n2)CC3)on1. The third-order valence-corrected chi connectivity index (χ3v) is 5.87. The molecular weight excluding hydrogens is 421 g/mol. The molecule has 4 rings (SSSR count). The number of nitrogens with zero attached hydrogens (tertiary/aromatic N) is 5. The van der Waals surface area contributed by atoms with E-state index in [2.05, 4.69) is 15.1 Å². The fourth-order valence-corrected chi connectivity index (χ4v) is 4.09. The Kier molecular flexibility index (Phi) is 4.98. The van der Waals surface area contributed by atoms with Crippen LogP contribution < -0.4 is 15.7 Å². The Hall–Kier alpha value is -3.38. The van der Waals surface area contributed by atoms with Gasteiger partial charge >= 0.3 is 6.18 Å². The van der Waals surface area contributed by atoms with Crippen molar-refractivity contribution in [2.24, 2.45) is 11.1 Å². The van der Waals surface area contributed by atoms with Crippen LogP contribution in [0.3, 0.4) is 0 Å². The Bertz CT molecular complexity index is 1000. The van der Waals surface area contributed by atoms with Gasteiger partial charge in [-0.3, -0.25) is 4.79 Å². The molecule has 1 unspecified atom stereocenters. The number of carbonyl (C=O) groups excluding carboxylic acids is 2. The van der Waals surface area contributed by atoms with Gasteiger partial charge in [0.1, 0.15) is 11.8 Å². The largest absolute Gasteiger partial charge is 0.530 e. The van der Waals surface area contributed by atoms with Gasteiger partial charge in [-0.05, 0) is 30.7 Å². The van der Waals surface area contributed by atoms with E-state index in [4.69, 9.17) is 10.3 Å². The molecule has 1 aliphatic heterocycles. The summed E-state index contributed by atoms with van der Waals surface area (Å²) in [5.74, 6) is -0.629. The number of aromatic nitrogens is 3. The molecule has 1 aliphatic carbocycles. The quantitative estimate of drug-likeness (QED) is 0.721. The van der Waals surface area contributed by atoms with Crippen LogP contribution in [0.2, 0.25) is 0 Å². The lowest BCUT2D eigenvalue weighted by Crippen LogP contribution is -2.45. The summed E-state index contributed by atoms with van der Waals surface area (Å²) in [6.45, 7) is 0.648. The molecule has 2 fully saturated rings. The Morgan fingerprint density at radius 2 is 2.06 bits per heavy atom. The fourth-order valence-electron chi connectivity index (χ4n) is 4.09. The van der Waals surface area contributed by atoms with Crippen LogP contribution in [0, 0.1) is 5.41 Å². The van der Waals surface area contributed by atoms with Crippen LogP contribution in [0.1, 0.15) is 41.2 Å². The second-order valence-corrected chi connectivity index (χ2v) is 7.75. The number of piperidine rings is 1. The highest BCUT2D eigenvalue weighted by Crippen LogP contribution is 2.57. The van der Waals surface area contributed by atoms with Crippen LogP contribution in [0.5, 0.6) is 0 Å². The summed E-state index contributed by atoms with van der Waals surface area (Å²) in [5.41, 5.74) is 3.70. The van der Waals surface area contributed by atoms with Crippen molar-refractivity contribution in [1.29, 1.82) is 0 Å². The molecule has 0 bridgehead atoms. The number of amides is 2. The summed E-state index contributed by atoms with van der Waals surface area (Å²) < 4.78 is 43.7. The van der Waals surface area contributed by atoms with Crippen molar-refractivity contribution in [3.63, 3.8) is 0 Å². The minimum absolute atomic E-state index is 0.000673. The van der Waals surface area contributed by atoms with Crippen molar-refractivity contribution in [3.8, 4) is 0 Å². The predicted molar refractivity (Wildman–Crippen MR) is 95.3 cm³/mol. The number of halogens is 3. The van der Waals surface area contributed by atoms with Gasteiger partial charge in [0, 0.05) is 31.4 Å². The van der Waals surface area contributed by atoms with Crippen LogP contribution in [0.25, 0.3) is 0 Å². The van der Waals surface area contributed by atoms with E-state index in [1.165, 1.54) is 6.07 Å². The highest BCUT2D eigenvalue weighted by Gasteiger charge is 2.58. The van der Waals surface area contributed by atoms with Crippen molar-refractivity contribution >= 4 is 17.9 Å². The molecule has 2 amide bonds. The van der Waals surface area contributed by atoms with E-state index in [9.17, 15) is 27.9 Å². The van der Waals surface area contributed by atoms with E-state index in [-0.39, 0.29) is 35.4 Å². The van der Waals surface area contributed by atoms with Crippen LogP contribution in [0.4, 0.5) is 23.9 Å². The van der Waals surface area contributed by atoms with E-state index in [0.717, 1.165) is 17.2 Å². The number of carboxylic acid groups (broad SMARTS) is 1. The monoisotopic (exact) mass is 439 g/mol. The Labute approximate surface area is 173 Å². The van der Waals surface area contributed by atoms with Crippen molar-refractivity contribution in [2.45, 2.75) is 38.0 Å². The minimum atomic E-state index is -4.56. The molecule has 3 heterocycles. The van der Waals surface area contributed by atoms with E-state index < -0.39 is 23.9 Å². The lowest BCUT2D eigenvalue weighted by atomic mass is 9.92. The van der Waals surface area contributed by atoms with Crippen molar-refractivity contribution in [3.05, 3.63) is 35.5 Å². The first-order valence-electron chi connectivity index (χ1n) is 9.47. The second kappa shape index (κ2) is 7.39. The topological polar surface area (TPSA) is 142 Å². The van der Waals surface area contributed by atoms with Gasteiger partial charge in [0.15, 0.2) is 11.5 Å². The molecule has 2 aromatic rings. The smallest absolute Gasteiger partial charge is 0.433 e.